The van der Waals surface area contributed by atoms with Crippen molar-refractivity contribution in [3.05, 3.63) is 63.2 Å². The Labute approximate surface area is 239 Å². The fourth-order valence-electron chi connectivity index (χ4n) is 6.13. The summed E-state index contributed by atoms with van der Waals surface area (Å²) in [5.74, 6) is -3.17. The van der Waals surface area contributed by atoms with Crippen LogP contribution in [0.5, 0.6) is 5.75 Å². The maximum Gasteiger partial charge on any atom is 0.416 e. The molecule has 2 heterocycles. The molecule has 2 saturated heterocycles. The van der Waals surface area contributed by atoms with Crippen molar-refractivity contribution >= 4 is 27.5 Å². The summed E-state index contributed by atoms with van der Waals surface area (Å²) in [5, 5.41) is -1.27. The monoisotopic (exact) mass is 618 g/mol. The summed E-state index contributed by atoms with van der Waals surface area (Å²) in [6.07, 6.45) is 0.00454. The van der Waals surface area contributed by atoms with Gasteiger partial charge in [-0.25, -0.2) is 21.9 Å². The summed E-state index contributed by atoms with van der Waals surface area (Å²) in [7, 11) is -3.82. The molecule has 2 aliphatic heterocycles. The molecule has 41 heavy (non-hydrogen) atoms. The average Bonchev–Trinajstić information content (AvgIpc) is 3.79. The van der Waals surface area contributed by atoms with E-state index in [1.807, 2.05) is 4.72 Å². The van der Waals surface area contributed by atoms with Gasteiger partial charge in [0.1, 0.15) is 11.9 Å². The molecule has 13 heteroatoms. The van der Waals surface area contributed by atoms with Gasteiger partial charge in [0.05, 0.1) is 21.4 Å². The molecule has 1 N–H and O–H groups in total. The lowest BCUT2D eigenvalue weighted by atomic mass is 9.95. The number of alkyl halides is 3. The van der Waals surface area contributed by atoms with E-state index in [0.29, 0.717) is 44.4 Å². The van der Waals surface area contributed by atoms with Gasteiger partial charge in [-0.05, 0) is 92.7 Å². The van der Waals surface area contributed by atoms with Crippen LogP contribution in [-0.2, 0) is 22.7 Å². The Morgan fingerprint density at radius 3 is 2.24 bits per heavy atom. The third-order valence-electron chi connectivity index (χ3n) is 8.50. The minimum atomic E-state index is -4.70. The Kier molecular flexibility index (Phi) is 7.26. The lowest BCUT2D eigenvalue weighted by Crippen LogP contribution is -2.46. The highest BCUT2D eigenvalue weighted by Crippen LogP contribution is 2.45. The molecule has 1 amide bonds. The third kappa shape index (κ3) is 5.92. The molecule has 2 saturated carbocycles. The van der Waals surface area contributed by atoms with Gasteiger partial charge in [0.15, 0.2) is 11.6 Å². The molecule has 6 rings (SSSR count). The number of carbonyl (C=O) groups is 1. The number of hydrogen-bond donors (Lipinski definition) is 1. The van der Waals surface area contributed by atoms with Crippen molar-refractivity contribution in [2.75, 3.05) is 0 Å². The van der Waals surface area contributed by atoms with Crippen molar-refractivity contribution in [1.82, 2.24) is 9.62 Å². The van der Waals surface area contributed by atoms with E-state index in [-0.39, 0.29) is 23.6 Å². The van der Waals surface area contributed by atoms with Crippen LogP contribution in [-0.4, -0.2) is 42.7 Å². The zero-order valence-electron chi connectivity index (χ0n) is 21.8. The first-order chi connectivity index (χ1) is 19.3. The molecule has 6 nitrogen and oxygen atoms in total. The number of nitrogens with zero attached hydrogens (tertiary/aromatic N) is 1. The number of rotatable bonds is 8. The van der Waals surface area contributed by atoms with E-state index in [0.717, 1.165) is 36.8 Å². The van der Waals surface area contributed by atoms with Gasteiger partial charge in [-0.3, -0.25) is 9.69 Å². The van der Waals surface area contributed by atoms with E-state index < -0.39 is 61.4 Å². The molecule has 2 aromatic carbocycles. The second kappa shape index (κ2) is 10.4. The second-order valence-electron chi connectivity index (χ2n) is 11.5. The van der Waals surface area contributed by atoms with Crippen LogP contribution < -0.4 is 9.46 Å². The average molecular weight is 619 g/mol. The van der Waals surface area contributed by atoms with Crippen molar-refractivity contribution < 1.29 is 39.9 Å². The molecule has 4 fully saturated rings. The van der Waals surface area contributed by atoms with Gasteiger partial charge in [0, 0.05) is 18.6 Å². The van der Waals surface area contributed by atoms with Crippen LogP contribution in [0.15, 0.2) is 24.3 Å². The number of hydrogen-bond acceptors (Lipinski definition) is 5. The van der Waals surface area contributed by atoms with E-state index >= 15 is 4.39 Å². The number of ether oxygens (including phenoxy) is 1. The number of amides is 1. The van der Waals surface area contributed by atoms with Gasteiger partial charge in [-0.1, -0.05) is 11.6 Å². The molecule has 3 atom stereocenters. The maximum atomic E-state index is 15.2. The third-order valence-corrected chi connectivity index (χ3v) is 10.6. The first kappa shape index (κ1) is 28.7. The van der Waals surface area contributed by atoms with Crippen LogP contribution in [0.2, 0.25) is 5.02 Å². The highest BCUT2D eigenvalue weighted by Gasteiger charge is 2.43. The molecule has 0 spiro atoms. The normalized spacial score (nSPS) is 24.9. The van der Waals surface area contributed by atoms with Crippen LogP contribution >= 0.6 is 11.6 Å². The number of nitrogens with one attached hydrogen (secondary N) is 1. The summed E-state index contributed by atoms with van der Waals surface area (Å²) in [4.78, 5) is 14.9. The Balaban J connectivity index is 1.18. The minimum absolute atomic E-state index is 0.00939. The van der Waals surface area contributed by atoms with Crippen LogP contribution in [0.25, 0.3) is 0 Å². The maximum absolute atomic E-state index is 15.2. The van der Waals surface area contributed by atoms with Crippen LogP contribution in [0, 0.1) is 11.6 Å². The summed E-state index contributed by atoms with van der Waals surface area (Å²) >= 11 is 5.71. The fraction of sp³-hybridized carbons (Fsp3) is 0.536. The lowest BCUT2D eigenvalue weighted by Gasteiger charge is -2.39. The molecule has 0 aromatic heterocycles. The lowest BCUT2D eigenvalue weighted by molar-refractivity contribution is -0.137. The van der Waals surface area contributed by atoms with E-state index in [2.05, 4.69) is 4.90 Å². The predicted octanol–water partition coefficient (Wildman–Crippen LogP) is 6.31. The summed E-state index contributed by atoms with van der Waals surface area (Å²) in [6, 6.07) is 3.93. The fourth-order valence-corrected chi connectivity index (χ4v) is 7.63. The molecule has 0 radical (unpaired) electrons. The molecular formula is C28H28ClF5N2O4S. The molecular weight excluding hydrogens is 591 g/mol. The first-order valence-electron chi connectivity index (χ1n) is 13.7. The van der Waals surface area contributed by atoms with Crippen molar-refractivity contribution in [2.24, 2.45) is 0 Å². The summed E-state index contributed by atoms with van der Waals surface area (Å²) < 4.78 is 102. The van der Waals surface area contributed by atoms with Gasteiger partial charge in [-0.15, -0.1) is 0 Å². The largest absolute Gasteiger partial charge is 0.487 e. The Morgan fingerprint density at radius 2 is 1.66 bits per heavy atom. The van der Waals surface area contributed by atoms with Crippen molar-refractivity contribution in [2.45, 2.75) is 93.4 Å². The van der Waals surface area contributed by atoms with Crippen molar-refractivity contribution in [3.8, 4) is 5.75 Å². The van der Waals surface area contributed by atoms with Crippen LogP contribution in [0.3, 0.4) is 0 Å². The minimum Gasteiger partial charge on any atom is -0.487 e. The number of fused-ring (bicyclic) bond motifs is 2. The molecule has 2 aromatic rings. The molecule has 2 aliphatic carbocycles. The Bertz CT molecular complexity index is 1480. The van der Waals surface area contributed by atoms with Crippen LogP contribution in [0.1, 0.15) is 84.3 Å². The predicted molar refractivity (Wildman–Crippen MR) is 140 cm³/mol. The van der Waals surface area contributed by atoms with Crippen molar-refractivity contribution in [3.63, 3.8) is 0 Å². The standard InChI is InChI=1S/C28H28ClF5N2O4S/c29-23-8-16(28(32,33)34)9-25(26(23)31)40-19-10-17-3-4-18(11-19)36(17)13-15-7-24(30)22(12-21(15)14-1-2-14)27(37)35-41(38,39)20-5-6-20/h7-9,12,14,17-20H,1-6,10-11,13H2,(H,35,37)/t17-,18?,19+/m0/s1. The highest BCUT2D eigenvalue weighted by molar-refractivity contribution is 7.91. The summed E-state index contributed by atoms with van der Waals surface area (Å²) in [6.45, 7) is 0.400. The number of halogens is 6. The number of piperidine rings is 1. The smallest absolute Gasteiger partial charge is 0.416 e. The molecule has 2 bridgehead atoms. The van der Waals surface area contributed by atoms with Gasteiger partial charge in [-0.2, -0.15) is 13.2 Å². The van der Waals surface area contributed by atoms with Crippen molar-refractivity contribution in [1.29, 1.82) is 0 Å². The number of carbonyl (C=O) groups excluding carboxylic acids is 1. The zero-order valence-corrected chi connectivity index (χ0v) is 23.4. The van der Waals surface area contributed by atoms with Gasteiger partial charge in [0.2, 0.25) is 10.0 Å². The first-order valence-corrected chi connectivity index (χ1v) is 15.6. The van der Waals surface area contributed by atoms with E-state index in [9.17, 15) is 30.8 Å². The Hall–Kier alpha value is -2.44. The highest BCUT2D eigenvalue weighted by atomic mass is 35.5. The topological polar surface area (TPSA) is 75.7 Å². The zero-order chi connectivity index (χ0) is 29.3. The summed E-state index contributed by atoms with van der Waals surface area (Å²) in [5.41, 5.74) is 0.158. The van der Waals surface area contributed by atoms with E-state index in [4.69, 9.17) is 16.3 Å². The second-order valence-corrected chi connectivity index (χ2v) is 13.9. The van der Waals surface area contributed by atoms with Gasteiger partial charge < -0.3 is 4.74 Å². The van der Waals surface area contributed by atoms with Gasteiger partial charge >= 0.3 is 6.18 Å². The number of benzene rings is 2. The molecule has 1 unspecified atom stereocenters. The van der Waals surface area contributed by atoms with Gasteiger partial charge in [0.25, 0.3) is 5.91 Å². The van der Waals surface area contributed by atoms with Crippen LogP contribution in [0.4, 0.5) is 22.0 Å². The van der Waals surface area contributed by atoms with E-state index in [1.54, 1.807) is 0 Å². The number of sulfonamides is 1. The Morgan fingerprint density at radius 1 is 1.00 bits per heavy atom. The quantitative estimate of drug-likeness (QED) is 0.351. The SMILES string of the molecule is O=C(NS(=O)(=O)C1CC1)c1cc(C2CC2)c(CN2C3CC[C@H]2C[C@@H](Oc2cc(C(F)(F)F)cc(Cl)c2F)C3)cc1F. The molecule has 222 valence electrons. The van der Waals surface area contributed by atoms with E-state index in [1.165, 1.54) is 12.1 Å². The molecule has 4 aliphatic rings.